The molecule has 0 aliphatic carbocycles. The number of aromatic nitrogens is 8. The molecule has 9 rings (SSSR count). The van der Waals surface area contributed by atoms with Gasteiger partial charge in [-0.1, -0.05) is 84.9 Å². The smallest absolute Gasteiger partial charge is 0.164 e. The van der Waals surface area contributed by atoms with E-state index in [-0.39, 0.29) is 26.2 Å². The molecule has 10 heteroatoms. The number of nitrogens with one attached hydrogen (secondary N) is 2. The Hall–Kier alpha value is -5.30. The van der Waals surface area contributed by atoms with E-state index < -0.39 is 0 Å². The van der Waals surface area contributed by atoms with Crippen LogP contribution in [0, 0.1) is 0 Å². The van der Waals surface area contributed by atoms with Crippen molar-refractivity contribution in [1.29, 1.82) is 0 Å². The molecule has 2 aliphatic heterocycles. The Bertz CT molecular complexity index is 2410. The van der Waals surface area contributed by atoms with Crippen molar-refractivity contribution in [3.63, 3.8) is 0 Å². The average Bonchev–Trinajstić information content (AvgIpc) is 3.73. The van der Waals surface area contributed by atoms with E-state index in [0.717, 1.165) is 38.4 Å². The van der Waals surface area contributed by atoms with E-state index >= 15 is 0 Å². The molecular formula is C32H18N8ORe. The average molecular weight is 717 g/mol. The van der Waals surface area contributed by atoms with Crippen LogP contribution in [0.4, 0.5) is 0 Å². The normalized spacial score (nSPS) is 11.7. The zero-order valence-corrected chi connectivity index (χ0v) is 24.4. The van der Waals surface area contributed by atoms with Crippen LogP contribution < -0.4 is 0 Å². The number of hydrogen-bond donors (Lipinski definition) is 3. The van der Waals surface area contributed by atoms with Crippen LogP contribution in [0.1, 0.15) is 0 Å². The molecule has 0 saturated heterocycles. The first-order chi connectivity index (χ1) is 20.2. The summed E-state index contributed by atoms with van der Waals surface area (Å²) in [4.78, 5) is 36.3. The van der Waals surface area contributed by atoms with Gasteiger partial charge in [-0.2, -0.15) is 0 Å². The Balaban J connectivity index is 0.00000267. The summed E-state index contributed by atoms with van der Waals surface area (Å²) in [6.07, 6.45) is 0. The summed E-state index contributed by atoms with van der Waals surface area (Å²) in [6, 6.07) is 29.1. The molecular weight excluding hydrogens is 699 g/mol. The number of benzene rings is 4. The third-order valence-electron chi connectivity index (χ3n) is 7.56. The van der Waals surface area contributed by atoms with Crippen LogP contribution in [-0.2, 0) is 20.4 Å². The van der Waals surface area contributed by atoms with Crippen LogP contribution in [0.25, 0.3) is 89.7 Å². The summed E-state index contributed by atoms with van der Waals surface area (Å²) in [5.41, 5.74) is 5.74. The van der Waals surface area contributed by atoms with E-state index in [0.29, 0.717) is 51.3 Å². The van der Waals surface area contributed by atoms with Gasteiger partial charge in [-0.15, -0.1) is 0 Å². The molecule has 0 fully saturated rings. The van der Waals surface area contributed by atoms with Crippen molar-refractivity contribution in [3.8, 4) is 51.3 Å². The number of fused-ring (bicyclic) bond motifs is 20. The standard InChI is InChI=1S/C32H18N8O.Re/c41-23-15-7-14-22-24(23)32-39-30-21-13-6-5-12-20(21)28(37-30)35-26-17-9-2-1-8-16(17)25(33-26)34-27-18-10-3-4-11-19(18)29(36-27)38-31(22)40-32;/h1-15,41H,(H2,33,34,35,36,37,38,39,40);. The fourth-order valence-corrected chi connectivity index (χ4v) is 5.67. The minimum Gasteiger partial charge on any atom is -0.507 e. The molecule has 0 unspecified atom stereocenters. The topological polar surface area (TPSA) is 129 Å². The van der Waals surface area contributed by atoms with Gasteiger partial charge in [0.25, 0.3) is 0 Å². The van der Waals surface area contributed by atoms with Crippen molar-refractivity contribution >= 4 is 44.1 Å². The molecule has 42 heavy (non-hydrogen) atoms. The minimum atomic E-state index is 0. The minimum absolute atomic E-state index is 0. The summed E-state index contributed by atoms with van der Waals surface area (Å²) in [6.45, 7) is 0. The Labute approximate surface area is 251 Å². The molecule has 199 valence electrons. The second kappa shape index (κ2) is 9.11. The Kier molecular flexibility index (Phi) is 5.31. The molecule has 0 saturated carbocycles. The number of aromatic hydroxyl groups is 1. The number of phenols is 1. The molecule has 3 N–H and O–H groups in total. The first-order valence-corrected chi connectivity index (χ1v) is 13.1. The van der Waals surface area contributed by atoms with Gasteiger partial charge < -0.3 is 15.1 Å². The van der Waals surface area contributed by atoms with Gasteiger partial charge in [-0.3, -0.25) is 0 Å². The number of hydrogen-bond acceptors (Lipinski definition) is 7. The largest absolute Gasteiger partial charge is 0.507 e. The van der Waals surface area contributed by atoms with Gasteiger partial charge in [0.1, 0.15) is 28.3 Å². The molecule has 0 spiro atoms. The van der Waals surface area contributed by atoms with Gasteiger partial charge in [-0.05, 0) is 6.07 Å². The summed E-state index contributed by atoms with van der Waals surface area (Å²) in [5.74, 6) is 2.19. The molecule has 3 aromatic heterocycles. The van der Waals surface area contributed by atoms with Crippen molar-refractivity contribution in [2.24, 2.45) is 0 Å². The third kappa shape index (κ3) is 3.53. The van der Waals surface area contributed by atoms with Gasteiger partial charge >= 0.3 is 0 Å². The summed E-state index contributed by atoms with van der Waals surface area (Å²) in [7, 11) is 0. The van der Waals surface area contributed by atoms with Crippen molar-refractivity contribution in [1.82, 2.24) is 39.9 Å². The fourth-order valence-electron chi connectivity index (χ4n) is 5.67. The fraction of sp³-hybridized carbons (Fsp3) is 0. The molecule has 2 aliphatic rings. The van der Waals surface area contributed by atoms with Crippen molar-refractivity contribution in [2.75, 3.05) is 0 Å². The molecule has 0 atom stereocenters. The second-order valence-electron chi connectivity index (χ2n) is 9.95. The zero-order valence-electron chi connectivity index (χ0n) is 21.7. The molecule has 8 bridgehead atoms. The van der Waals surface area contributed by atoms with Crippen LogP contribution in [-0.4, -0.2) is 45.0 Å². The predicted octanol–water partition coefficient (Wildman–Crippen LogP) is 6.57. The van der Waals surface area contributed by atoms with Crippen LogP contribution >= 0.6 is 0 Å². The number of nitrogens with zero attached hydrogens (tertiary/aromatic N) is 6. The maximum Gasteiger partial charge on any atom is 0.164 e. The molecule has 4 aromatic carbocycles. The Morgan fingerprint density at radius 1 is 0.405 bits per heavy atom. The van der Waals surface area contributed by atoms with E-state index in [1.807, 2.05) is 78.9 Å². The van der Waals surface area contributed by atoms with Gasteiger partial charge in [0, 0.05) is 58.8 Å². The first kappa shape index (κ1) is 24.5. The summed E-state index contributed by atoms with van der Waals surface area (Å²) in [5, 5.41) is 14.0. The van der Waals surface area contributed by atoms with E-state index in [1.165, 1.54) is 0 Å². The molecule has 5 heterocycles. The maximum atomic E-state index is 10.9. The zero-order chi connectivity index (χ0) is 27.1. The third-order valence-corrected chi connectivity index (χ3v) is 7.56. The molecule has 0 amide bonds. The molecule has 7 aromatic rings. The SMILES string of the molecule is Oc1cccc2c3nc4nc(nc5[nH]c(nc6nc(nc([nH]3)c12)-c1ccccc1-6)c1ccccc51)-c1ccccc1-4.[Re]. The predicted molar refractivity (Wildman–Crippen MR) is 158 cm³/mol. The van der Waals surface area contributed by atoms with E-state index in [1.54, 1.807) is 12.1 Å². The van der Waals surface area contributed by atoms with Gasteiger partial charge in [-0.25, -0.2) is 29.9 Å². The van der Waals surface area contributed by atoms with E-state index in [4.69, 9.17) is 29.9 Å². The van der Waals surface area contributed by atoms with Gasteiger partial charge in [0.2, 0.25) is 0 Å². The molecule has 1 radical (unpaired) electrons. The molecule has 9 nitrogen and oxygen atoms in total. The number of phenolic OH excluding ortho intramolecular Hbond substituents is 1. The van der Waals surface area contributed by atoms with E-state index in [2.05, 4.69) is 9.97 Å². The number of H-pyrrole nitrogens is 2. The Morgan fingerprint density at radius 3 is 1.29 bits per heavy atom. The monoisotopic (exact) mass is 717 g/mol. The van der Waals surface area contributed by atoms with Gasteiger partial charge in [0.15, 0.2) is 23.3 Å². The van der Waals surface area contributed by atoms with Crippen LogP contribution in [0.3, 0.4) is 0 Å². The van der Waals surface area contributed by atoms with Crippen molar-refractivity contribution < 1.29 is 25.5 Å². The maximum absolute atomic E-state index is 10.9. The quantitative estimate of drug-likeness (QED) is 0.162. The van der Waals surface area contributed by atoms with Crippen molar-refractivity contribution in [3.05, 3.63) is 91.0 Å². The Morgan fingerprint density at radius 2 is 0.786 bits per heavy atom. The van der Waals surface area contributed by atoms with E-state index in [9.17, 15) is 5.11 Å². The first-order valence-electron chi connectivity index (χ1n) is 13.1. The summed E-state index contributed by atoms with van der Waals surface area (Å²) >= 11 is 0. The van der Waals surface area contributed by atoms with Crippen LogP contribution in [0.15, 0.2) is 91.0 Å². The van der Waals surface area contributed by atoms with Gasteiger partial charge in [0.05, 0.1) is 5.39 Å². The van der Waals surface area contributed by atoms with Crippen molar-refractivity contribution in [2.45, 2.75) is 0 Å². The summed E-state index contributed by atoms with van der Waals surface area (Å²) < 4.78 is 0. The second-order valence-corrected chi connectivity index (χ2v) is 9.95. The van der Waals surface area contributed by atoms with Crippen LogP contribution in [0.2, 0.25) is 0 Å². The van der Waals surface area contributed by atoms with Crippen LogP contribution in [0.5, 0.6) is 5.75 Å². The number of aromatic amines is 2. The number of rotatable bonds is 0.